The monoisotopic (exact) mass is 376 g/mol. The van der Waals surface area contributed by atoms with Crippen molar-refractivity contribution in [2.45, 2.75) is 19.9 Å². The molecule has 2 aromatic carbocycles. The van der Waals surface area contributed by atoms with Crippen LogP contribution in [0.2, 0.25) is 0 Å². The lowest BCUT2D eigenvalue weighted by Crippen LogP contribution is -2.32. The molecule has 0 radical (unpaired) electrons. The van der Waals surface area contributed by atoms with Crippen LogP contribution in [-0.4, -0.2) is 30.7 Å². The molecular weight excluding hydrogens is 352 g/mol. The van der Waals surface area contributed by atoms with Crippen molar-refractivity contribution in [3.63, 3.8) is 0 Å². The van der Waals surface area contributed by atoms with Crippen LogP contribution in [0, 0.1) is 12.8 Å². The molecule has 5 heteroatoms. The van der Waals surface area contributed by atoms with Gasteiger partial charge in [-0.25, -0.2) is 4.98 Å². The average molecular weight is 376 g/mol. The van der Waals surface area contributed by atoms with Gasteiger partial charge in [0, 0.05) is 22.9 Å². The number of benzene rings is 2. The second-order valence-corrected chi connectivity index (χ2v) is 7.29. The molecule has 0 spiro atoms. The number of hydrogen-bond acceptors (Lipinski definition) is 4. The van der Waals surface area contributed by atoms with E-state index < -0.39 is 0 Å². The molecule has 1 aromatic heterocycles. The fourth-order valence-electron chi connectivity index (χ4n) is 3.37. The topological polar surface area (TPSA) is 60.5 Å². The molecule has 144 valence electrons. The Labute approximate surface area is 164 Å². The zero-order valence-corrected chi connectivity index (χ0v) is 16.1. The number of aryl methyl sites for hydroxylation is 1. The van der Waals surface area contributed by atoms with Crippen molar-refractivity contribution in [2.75, 3.05) is 19.8 Å². The summed E-state index contributed by atoms with van der Waals surface area (Å²) >= 11 is 0. The van der Waals surface area contributed by atoms with Crippen molar-refractivity contribution in [3.05, 3.63) is 71.3 Å². The number of carbonyl (C=O) groups is 1. The smallest absolute Gasteiger partial charge is 0.252 e. The molecule has 0 bridgehead atoms. The Bertz CT molecular complexity index is 998. The number of fused-ring (bicyclic) bond motifs is 1. The fraction of sp³-hybridized carbons (Fsp3) is 0.304. The lowest BCUT2D eigenvalue weighted by atomic mass is 10.0. The molecule has 1 N–H and O–H groups in total. The summed E-state index contributed by atoms with van der Waals surface area (Å²) in [5, 5.41) is 4.13. The predicted octanol–water partition coefficient (Wildman–Crippen LogP) is 4.06. The molecular formula is C23H24N2O3. The number of aromatic nitrogens is 1. The number of pyridine rings is 1. The predicted molar refractivity (Wildman–Crippen MR) is 109 cm³/mol. The number of para-hydroxylation sites is 1. The first-order valence-electron chi connectivity index (χ1n) is 9.58. The summed E-state index contributed by atoms with van der Waals surface area (Å²) in [7, 11) is 0. The van der Waals surface area contributed by atoms with Crippen molar-refractivity contribution in [1.29, 1.82) is 0 Å². The first kappa shape index (κ1) is 18.4. The summed E-state index contributed by atoms with van der Waals surface area (Å²) in [5.41, 5.74) is 3.50. The van der Waals surface area contributed by atoms with E-state index in [1.54, 1.807) is 0 Å². The molecule has 4 rings (SSSR count). The number of hydrogen-bond donors (Lipinski definition) is 1. The number of rotatable bonds is 6. The van der Waals surface area contributed by atoms with Crippen LogP contribution in [0.1, 0.15) is 34.5 Å². The summed E-state index contributed by atoms with van der Waals surface area (Å²) in [6, 6.07) is 17.3. The fourth-order valence-corrected chi connectivity index (χ4v) is 3.37. The first-order chi connectivity index (χ1) is 13.6. The van der Waals surface area contributed by atoms with Crippen LogP contribution in [0.5, 0.6) is 5.88 Å². The molecule has 28 heavy (non-hydrogen) atoms. The number of nitrogens with zero attached hydrogens (tertiary/aromatic N) is 1. The van der Waals surface area contributed by atoms with E-state index in [1.165, 1.54) is 0 Å². The number of amides is 1. The highest BCUT2D eigenvalue weighted by atomic mass is 16.5. The van der Waals surface area contributed by atoms with Crippen molar-refractivity contribution in [1.82, 2.24) is 10.3 Å². The van der Waals surface area contributed by atoms with Gasteiger partial charge in [0.1, 0.15) is 0 Å². The summed E-state index contributed by atoms with van der Waals surface area (Å²) < 4.78 is 11.1. The molecule has 5 nitrogen and oxygen atoms in total. The third-order valence-corrected chi connectivity index (χ3v) is 5.10. The second-order valence-electron chi connectivity index (χ2n) is 7.29. The zero-order valence-electron chi connectivity index (χ0n) is 16.1. The summed E-state index contributed by atoms with van der Waals surface area (Å²) in [6.45, 7) is 6.00. The van der Waals surface area contributed by atoms with Gasteiger partial charge in [-0.2, -0.15) is 0 Å². The Hall–Kier alpha value is -2.92. The largest absolute Gasteiger partial charge is 0.477 e. The van der Waals surface area contributed by atoms with Gasteiger partial charge >= 0.3 is 0 Å². The van der Waals surface area contributed by atoms with E-state index in [2.05, 4.69) is 10.3 Å². The molecule has 1 amide bonds. The second kappa shape index (κ2) is 7.98. The van der Waals surface area contributed by atoms with Crippen molar-refractivity contribution in [3.8, 4) is 5.88 Å². The number of ether oxygens (including phenoxy) is 2. The molecule has 3 aromatic rings. The molecule has 1 saturated heterocycles. The van der Waals surface area contributed by atoms with Crippen LogP contribution in [0.25, 0.3) is 10.9 Å². The lowest BCUT2D eigenvalue weighted by molar-refractivity contribution is -0.0513. The third-order valence-electron chi connectivity index (χ3n) is 5.10. The van der Waals surface area contributed by atoms with Crippen LogP contribution in [0.4, 0.5) is 0 Å². The maximum Gasteiger partial charge on any atom is 0.252 e. The van der Waals surface area contributed by atoms with Gasteiger partial charge in [-0.05, 0) is 37.1 Å². The van der Waals surface area contributed by atoms with Gasteiger partial charge in [0.05, 0.1) is 31.4 Å². The Morgan fingerprint density at radius 2 is 1.96 bits per heavy atom. The molecule has 2 heterocycles. The molecule has 0 saturated carbocycles. The standard InChI is InChI=1S/C23H24N2O3/c1-15-7-3-4-8-18(15)23(26)24-16(2)20-11-22(28-14-17-12-27-13-17)25-21-10-6-5-9-19(20)21/h3-11,16-17H,12-14H2,1-2H3,(H,24,26)/t16-/m1/s1. The third kappa shape index (κ3) is 3.85. The van der Waals surface area contributed by atoms with Gasteiger partial charge in [-0.3, -0.25) is 4.79 Å². The average Bonchev–Trinajstić information content (AvgIpc) is 2.66. The van der Waals surface area contributed by atoms with Gasteiger partial charge in [-0.15, -0.1) is 0 Å². The minimum Gasteiger partial charge on any atom is -0.477 e. The van der Waals surface area contributed by atoms with Crippen LogP contribution >= 0.6 is 0 Å². The van der Waals surface area contributed by atoms with E-state index in [0.29, 0.717) is 24.0 Å². The number of nitrogens with one attached hydrogen (secondary N) is 1. The minimum absolute atomic E-state index is 0.0828. The van der Waals surface area contributed by atoms with Crippen LogP contribution in [0.3, 0.4) is 0 Å². The van der Waals surface area contributed by atoms with Gasteiger partial charge < -0.3 is 14.8 Å². The SMILES string of the molecule is Cc1ccccc1C(=O)N[C@H](C)c1cc(OCC2COC2)nc2ccccc12. The molecule has 1 aliphatic rings. The molecule has 1 aliphatic heterocycles. The highest BCUT2D eigenvalue weighted by Gasteiger charge is 2.21. The van der Waals surface area contributed by atoms with Gasteiger partial charge in [0.15, 0.2) is 0 Å². The quantitative estimate of drug-likeness (QED) is 0.705. The van der Waals surface area contributed by atoms with Crippen LogP contribution in [-0.2, 0) is 4.74 Å². The van der Waals surface area contributed by atoms with Crippen molar-refractivity contribution >= 4 is 16.8 Å². The maximum atomic E-state index is 12.8. The van der Waals surface area contributed by atoms with E-state index in [9.17, 15) is 4.79 Å². The Morgan fingerprint density at radius 3 is 2.71 bits per heavy atom. The van der Waals surface area contributed by atoms with E-state index in [0.717, 1.165) is 35.2 Å². The zero-order chi connectivity index (χ0) is 19.5. The van der Waals surface area contributed by atoms with Crippen LogP contribution < -0.4 is 10.1 Å². The maximum absolute atomic E-state index is 12.8. The van der Waals surface area contributed by atoms with Gasteiger partial charge in [0.2, 0.25) is 5.88 Å². The van der Waals surface area contributed by atoms with Crippen LogP contribution in [0.15, 0.2) is 54.6 Å². The molecule has 1 atom stereocenters. The van der Waals surface area contributed by atoms with E-state index in [-0.39, 0.29) is 11.9 Å². The normalized spacial score (nSPS) is 15.1. The summed E-state index contributed by atoms with van der Waals surface area (Å²) in [5.74, 6) is 0.924. The Balaban J connectivity index is 1.60. The van der Waals surface area contributed by atoms with E-state index >= 15 is 0 Å². The number of carbonyl (C=O) groups excluding carboxylic acids is 1. The highest BCUT2D eigenvalue weighted by molar-refractivity contribution is 5.96. The van der Waals surface area contributed by atoms with Crippen molar-refractivity contribution < 1.29 is 14.3 Å². The van der Waals surface area contributed by atoms with Crippen molar-refractivity contribution in [2.24, 2.45) is 5.92 Å². The lowest BCUT2D eigenvalue weighted by Gasteiger charge is -2.25. The molecule has 0 aliphatic carbocycles. The Kier molecular flexibility index (Phi) is 5.26. The summed E-state index contributed by atoms with van der Waals surface area (Å²) in [6.07, 6.45) is 0. The van der Waals surface area contributed by atoms with Gasteiger partial charge in [-0.1, -0.05) is 36.4 Å². The molecule has 0 unspecified atom stereocenters. The molecule has 1 fully saturated rings. The van der Waals surface area contributed by atoms with Gasteiger partial charge in [0.25, 0.3) is 5.91 Å². The first-order valence-corrected chi connectivity index (χ1v) is 9.58. The van der Waals surface area contributed by atoms with E-state index in [4.69, 9.17) is 9.47 Å². The minimum atomic E-state index is -0.186. The highest BCUT2D eigenvalue weighted by Crippen LogP contribution is 2.28. The Morgan fingerprint density at radius 1 is 1.21 bits per heavy atom. The summed E-state index contributed by atoms with van der Waals surface area (Å²) in [4.78, 5) is 17.4. The van der Waals surface area contributed by atoms with E-state index in [1.807, 2.05) is 68.4 Å².